The van der Waals surface area contributed by atoms with Crippen molar-refractivity contribution >= 4 is 67.6 Å². The molecule has 0 bridgehead atoms. The fourth-order valence-electron chi connectivity index (χ4n) is 2.33. The summed E-state index contributed by atoms with van der Waals surface area (Å²) in [6, 6.07) is 5.75. The van der Waals surface area contributed by atoms with Crippen LogP contribution in [0.5, 0.6) is 5.75 Å². The Morgan fingerprint density at radius 2 is 2.04 bits per heavy atom. The lowest BCUT2D eigenvalue weighted by Gasteiger charge is -2.18. The second-order valence-electron chi connectivity index (χ2n) is 5.22. The average Bonchev–Trinajstić information content (AvgIpc) is 2.91. The summed E-state index contributed by atoms with van der Waals surface area (Å²) in [5, 5.41) is 11.6. The van der Waals surface area contributed by atoms with Crippen molar-refractivity contribution in [2.45, 2.75) is 13.0 Å². The topological polar surface area (TPSA) is 71.5 Å². The summed E-state index contributed by atoms with van der Waals surface area (Å²) in [7, 11) is 0. The largest absolute Gasteiger partial charge is 0.484 e. The van der Waals surface area contributed by atoms with Crippen LogP contribution in [0.2, 0.25) is 15.1 Å². The Kier molecular flexibility index (Phi) is 5.43. The minimum atomic E-state index is -1.21. The summed E-state index contributed by atoms with van der Waals surface area (Å²) >= 11 is 19.5. The predicted octanol–water partition coefficient (Wildman–Crippen LogP) is 6.63. The number of carbonyl (C=O) groups is 1. The number of fused-ring (bicyclic) bond motifs is 1. The Hall–Kier alpha value is -1.80. The molecule has 3 aromatic rings. The molecule has 2 aromatic carbocycles. The van der Waals surface area contributed by atoms with Gasteiger partial charge in [0.1, 0.15) is 17.7 Å². The first-order valence-corrected chi connectivity index (χ1v) is 9.11. The van der Waals surface area contributed by atoms with Gasteiger partial charge in [-0.1, -0.05) is 46.1 Å². The minimum Gasteiger partial charge on any atom is -0.484 e. The molecule has 0 aliphatic carbocycles. The summed E-state index contributed by atoms with van der Waals surface area (Å²) in [4.78, 5) is 14.8. The molecule has 26 heavy (non-hydrogen) atoms. The molecule has 0 aliphatic heterocycles. The molecule has 1 amide bonds. The van der Waals surface area contributed by atoms with Gasteiger partial charge in [0.15, 0.2) is 5.13 Å². The molecule has 1 heterocycles. The minimum absolute atomic E-state index is 0.118. The number of hydrogen-bond acceptors (Lipinski definition) is 4. The van der Waals surface area contributed by atoms with Crippen molar-refractivity contribution in [3.05, 3.63) is 50.7 Å². The van der Waals surface area contributed by atoms with Gasteiger partial charge < -0.3 is 9.84 Å². The van der Waals surface area contributed by atoms with E-state index in [0.717, 1.165) is 11.3 Å². The van der Waals surface area contributed by atoms with E-state index in [2.05, 4.69) is 10.3 Å². The molecule has 0 aliphatic rings. The molecule has 0 fully saturated rings. The number of aromatic nitrogens is 1. The van der Waals surface area contributed by atoms with Crippen molar-refractivity contribution in [1.29, 1.82) is 0 Å². The number of thiazole rings is 1. The number of amides is 1. The fraction of sp³-hybridized carbons (Fsp3) is 0.125. The number of benzene rings is 2. The number of halogens is 4. The summed E-state index contributed by atoms with van der Waals surface area (Å²) in [5.41, 5.74) is 0.826. The molecule has 0 radical (unpaired) electrons. The van der Waals surface area contributed by atoms with Gasteiger partial charge in [0.25, 0.3) is 0 Å². The molecule has 3 rings (SSSR count). The molecule has 5 nitrogen and oxygen atoms in total. The SMILES string of the molecule is CC(Oc1cc2sc(NC(=O)O)nc2cc1Cl)c1c(Cl)ccc(F)c1Cl. The van der Waals surface area contributed by atoms with Crippen molar-refractivity contribution in [2.75, 3.05) is 5.32 Å². The van der Waals surface area contributed by atoms with Gasteiger partial charge in [-0.2, -0.15) is 0 Å². The number of hydrogen-bond donors (Lipinski definition) is 2. The van der Waals surface area contributed by atoms with Gasteiger partial charge in [-0.3, -0.25) is 5.32 Å². The Bertz CT molecular complexity index is 1010. The molecule has 1 aromatic heterocycles. The second-order valence-corrected chi connectivity index (χ2v) is 7.44. The highest BCUT2D eigenvalue weighted by atomic mass is 35.5. The van der Waals surface area contributed by atoms with Gasteiger partial charge in [-0.25, -0.2) is 14.2 Å². The number of nitrogens with zero attached hydrogens (tertiary/aromatic N) is 1. The molecular formula is C16H10Cl3FN2O3S. The predicted molar refractivity (Wildman–Crippen MR) is 102 cm³/mol. The van der Waals surface area contributed by atoms with Gasteiger partial charge in [-0.15, -0.1) is 0 Å². The summed E-state index contributed by atoms with van der Waals surface area (Å²) in [5.74, 6) is -0.288. The van der Waals surface area contributed by atoms with Crippen LogP contribution in [0.3, 0.4) is 0 Å². The van der Waals surface area contributed by atoms with Crippen molar-refractivity contribution in [3.8, 4) is 5.75 Å². The van der Waals surface area contributed by atoms with E-state index in [-0.39, 0.29) is 20.2 Å². The monoisotopic (exact) mass is 434 g/mol. The van der Waals surface area contributed by atoms with Gasteiger partial charge in [0.2, 0.25) is 0 Å². The van der Waals surface area contributed by atoms with Crippen molar-refractivity contribution in [2.24, 2.45) is 0 Å². The smallest absolute Gasteiger partial charge is 0.410 e. The van der Waals surface area contributed by atoms with Gasteiger partial charge in [0.05, 0.1) is 20.3 Å². The number of carboxylic acid groups (broad SMARTS) is 1. The zero-order chi connectivity index (χ0) is 19.0. The zero-order valence-electron chi connectivity index (χ0n) is 13.0. The molecule has 10 heteroatoms. The quantitative estimate of drug-likeness (QED) is 0.451. The fourth-order valence-corrected chi connectivity index (χ4v) is 4.08. The van der Waals surface area contributed by atoms with Gasteiger partial charge in [-0.05, 0) is 25.1 Å². The average molecular weight is 436 g/mol. The van der Waals surface area contributed by atoms with E-state index >= 15 is 0 Å². The first-order chi connectivity index (χ1) is 12.3. The molecule has 0 saturated heterocycles. The maximum absolute atomic E-state index is 13.7. The lowest BCUT2D eigenvalue weighted by Crippen LogP contribution is -2.06. The van der Waals surface area contributed by atoms with Crippen LogP contribution >= 0.6 is 46.1 Å². The van der Waals surface area contributed by atoms with E-state index in [4.69, 9.17) is 44.6 Å². The highest BCUT2D eigenvalue weighted by Crippen LogP contribution is 2.39. The maximum Gasteiger partial charge on any atom is 0.410 e. The molecule has 0 spiro atoms. The first-order valence-electron chi connectivity index (χ1n) is 7.16. The Labute approximate surface area is 166 Å². The third kappa shape index (κ3) is 3.81. The van der Waals surface area contributed by atoms with Crippen LogP contribution in [-0.2, 0) is 0 Å². The van der Waals surface area contributed by atoms with E-state index in [9.17, 15) is 9.18 Å². The molecule has 1 atom stereocenters. The summed E-state index contributed by atoms with van der Waals surface area (Å²) < 4.78 is 20.2. The zero-order valence-corrected chi connectivity index (χ0v) is 16.1. The van der Waals surface area contributed by atoms with Crippen LogP contribution in [0.25, 0.3) is 10.2 Å². The number of ether oxygens (including phenoxy) is 1. The Morgan fingerprint density at radius 1 is 1.31 bits per heavy atom. The van der Waals surface area contributed by atoms with Crippen molar-refractivity contribution in [1.82, 2.24) is 4.98 Å². The Morgan fingerprint density at radius 3 is 2.73 bits per heavy atom. The van der Waals surface area contributed by atoms with Crippen LogP contribution in [0.4, 0.5) is 14.3 Å². The standard InChI is InChI=1S/C16H10Cl3FN2O3S/c1-6(13-7(17)2-3-9(20)14(13)19)25-11-5-12-10(4-8(11)18)21-15(26-12)22-16(23)24/h2-6H,1H3,(H,21,22)(H,23,24). The molecule has 0 saturated carbocycles. The third-order valence-corrected chi connectivity index (χ3v) is 5.39. The number of rotatable bonds is 4. The van der Waals surface area contributed by atoms with Crippen LogP contribution in [0.15, 0.2) is 24.3 Å². The highest BCUT2D eigenvalue weighted by molar-refractivity contribution is 7.22. The van der Waals surface area contributed by atoms with E-state index in [1.54, 1.807) is 19.1 Å². The van der Waals surface area contributed by atoms with Crippen LogP contribution in [-0.4, -0.2) is 16.2 Å². The number of anilines is 1. The lowest BCUT2D eigenvalue weighted by atomic mass is 10.1. The molecule has 1 unspecified atom stereocenters. The summed E-state index contributed by atoms with van der Waals surface area (Å²) in [6.45, 7) is 1.66. The maximum atomic E-state index is 13.7. The van der Waals surface area contributed by atoms with E-state index < -0.39 is 18.0 Å². The van der Waals surface area contributed by atoms with Crippen molar-refractivity contribution < 1.29 is 19.0 Å². The second kappa shape index (κ2) is 7.44. The Balaban J connectivity index is 1.94. The third-order valence-electron chi connectivity index (χ3n) is 3.45. The van der Waals surface area contributed by atoms with Crippen molar-refractivity contribution in [3.63, 3.8) is 0 Å². The van der Waals surface area contributed by atoms with Gasteiger partial charge in [0, 0.05) is 16.7 Å². The summed E-state index contributed by atoms with van der Waals surface area (Å²) in [6.07, 6.45) is -1.89. The normalized spacial score (nSPS) is 12.2. The molecule has 2 N–H and O–H groups in total. The highest BCUT2D eigenvalue weighted by Gasteiger charge is 2.20. The van der Waals surface area contributed by atoms with Crippen LogP contribution in [0.1, 0.15) is 18.6 Å². The lowest BCUT2D eigenvalue weighted by molar-refractivity contribution is 0.209. The van der Waals surface area contributed by atoms with Crippen LogP contribution in [0, 0.1) is 5.82 Å². The number of nitrogens with one attached hydrogen (secondary N) is 1. The van der Waals surface area contributed by atoms with Crippen LogP contribution < -0.4 is 10.1 Å². The van der Waals surface area contributed by atoms with E-state index in [1.807, 2.05) is 0 Å². The molecule has 136 valence electrons. The van der Waals surface area contributed by atoms with Gasteiger partial charge >= 0.3 is 6.09 Å². The molecular weight excluding hydrogens is 426 g/mol. The van der Waals surface area contributed by atoms with E-state index in [1.165, 1.54) is 12.1 Å². The first kappa shape index (κ1) is 19.0. The van der Waals surface area contributed by atoms with E-state index in [0.29, 0.717) is 21.5 Å².